The predicted octanol–water partition coefficient (Wildman–Crippen LogP) is 0.963. The summed E-state index contributed by atoms with van der Waals surface area (Å²) in [5, 5.41) is 18.5. The number of carbonyl (C=O) groups is 1. The Morgan fingerprint density at radius 3 is 2.67 bits per heavy atom. The number of sulfonamides is 1. The van der Waals surface area contributed by atoms with E-state index in [0.717, 1.165) is 31.0 Å². The van der Waals surface area contributed by atoms with E-state index in [9.17, 15) is 22.7 Å². The Hall–Kier alpha value is -1.51. The van der Waals surface area contributed by atoms with Gasteiger partial charge in [-0.15, -0.1) is 0 Å². The SMILES string of the molecule is O=C(O)c1cc(S(=O)(=O)NCC2CCCC2O)ccc1F. The molecule has 1 aromatic carbocycles. The molecule has 0 saturated heterocycles. The Morgan fingerprint density at radius 1 is 1.38 bits per heavy atom. The van der Waals surface area contributed by atoms with Crippen molar-refractivity contribution in [2.45, 2.75) is 30.3 Å². The minimum absolute atomic E-state index is 0.0727. The number of halogens is 1. The number of carboxylic acids is 1. The number of aliphatic hydroxyl groups excluding tert-OH is 1. The number of hydrogen-bond donors (Lipinski definition) is 3. The topological polar surface area (TPSA) is 104 Å². The Labute approximate surface area is 121 Å². The van der Waals surface area contributed by atoms with E-state index in [4.69, 9.17) is 5.11 Å². The Balaban J connectivity index is 2.15. The van der Waals surface area contributed by atoms with Crippen LogP contribution >= 0.6 is 0 Å². The van der Waals surface area contributed by atoms with Gasteiger partial charge in [-0.1, -0.05) is 6.42 Å². The fraction of sp³-hybridized carbons (Fsp3) is 0.462. The first-order valence-electron chi connectivity index (χ1n) is 6.52. The maximum Gasteiger partial charge on any atom is 0.338 e. The summed E-state index contributed by atoms with van der Waals surface area (Å²) in [6.45, 7) is 0.0727. The molecule has 0 heterocycles. The molecule has 3 N–H and O–H groups in total. The summed E-state index contributed by atoms with van der Waals surface area (Å²) in [5.41, 5.74) is -0.696. The van der Waals surface area contributed by atoms with Gasteiger partial charge in [0.2, 0.25) is 10.0 Å². The first kappa shape index (κ1) is 15.9. The van der Waals surface area contributed by atoms with Gasteiger partial charge in [-0.2, -0.15) is 0 Å². The Kier molecular flexibility index (Phi) is 4.60. The molecule has 0 amide bonds. The smallest absolute Gasteiger partial charge is 0.338 e. The average Bonchev–Trinajstić information content (AvgIpc) is 2.82. The summed E-state index contributed by atoms with van der Waals surface area (Å²) in [6.07, 6.45) is 1.68. The van der Waals surface area contributed by atoms with Crippen LogP contribution in [0.4, 0.5) is 4.39 Å². The van der Waals surface area contributed by atoms with Crippen LogP contribution in [0.1, 0.15) is 29.6 Å². The number of rotatable bonds is 5. The normalized spacial score (nSPS) is 22.4. The molecule has 0 aromatic heterocycles. The van der Waals surface area contributed by atoms with E-state index in [2.05, 4.69) is 4.72 Å². The summed E-state index contributed by atoms with van der Waals surface area (Å²) in [6, 6.07) is 2.60. The first-order valence-corrected chi connectivity index (χ1v) is 8.00. The molecule has 0 aliphatic heterocycles. The van der Waals surface area contributed by atoms with Crippen LogP contribution in [-0.4, -0.2) is 37.2 Å². The lowest BCUT2D eigenvalue weighted by Crippen LogP contribution is -2.32. The highest BCUT2D eigenvalue weighted by atomic mass is 32.2. The summed E-state index contributed by atoms with van der Waals surface area (Å²) >= 11 is 0. The number of carboxylic acid groups (broad SMARTS) is 1. The van der Waals surface area contributed by atoms with Gasteiger partial charge in [0.05, 0.1) is 16.6 Å². The van der Waals surface area contributed by atoms with Gasteiger partial charge in [-0.3, -0.25) is 0 Å². The third-order valence-electron chi connectivity index (χ3n) is 3.63. The third-order valence-corrected chi connectivity index (χ3v) is 5.05. The minimum atomic E-state index is -3.94. The molecule has 1 saturated carbocycles. The molecule has 1 aliphatic rings. The van der Waals surface area contributed by atoms with Crippen molar-refractivity contribution in [1.82, 2.24) is 4.72 Å². The monoisotopic (exact) mass is 317 g/mol. The van der Waals surface area contributed by atoms with Crippen LogP contribution in [0.25, 0.3) is 0 Å². The van der Waals surface area contributed by atoms with Crippen LogP contribution in [0.2, 0.25) is 0 Å². The molecule has 21 heavy (non-hydrogen) atoms. The maximum atomic E-state index is 13.3. The fourth-order valence-electron chi connectivity index (χ4n) is 2.39. The van der Waals surface area contributed by atoms with E-state index >= 15 is 0 Å². The van der Waals surface area contributed by atoms with Gasteiger partial charge in [0.1, 0.15) is 5.82 Å². The highest BCUT2D eigenvalue weighted by Crippen LogP contribution is 2.25. The van der Waals surface area contributed by atoms with Crippen molar-refractivity contribution in [1.29, 1.82) is 0 Å². The third kappa shape index (κ3) is 3.58. The summed E-state index contributed by atoms with van der Waals surface area (Å²) in [7, 11) is -3.94. The minimum Gasteiger partial charge on any atom is -0.478 e. The van der Waals surface area contributed by atoms with Crippen molar-refractivity contribution in [3.05, 3.63) is 29.6 Å². The van der Waals surface area contributed by atoms with Crippen LogP contribution in [0.5, 0.6) is 0 Å². The quantitative estimate of drug-likeness (QED) is 0.750. The van der Waals surface area contributed by atoms with E-state index in [1.165, 1.54) is 0 Å². The van der Waals surface area contributed by atoms with Crippen molar-refractivity contribution in [3.8, 4) is 0 Å². The van der Waals surface area contributed by atoms with Gasteiger partial charge in [-0.25, -0.2) is 22.3 Å². The van der Waals surface area contributed by atoms with E-state index < -0.39 is 33.5 Å². The van der Waals surface area contributed by atoms with Crippen LogP contribution in [0.15, 0.2) is 23.1 Å². The zero-order valence-corrected chi connectivity index (χ0v) is 11.9. The molecule has 1 aliphatic carbocycles. The van der Waals surface area contributed by atoms with E-state index in [1.54, 1.807) is 0 Å². The van der Waals surface area contributed by atoms with Gasteiger partial charge in [0.25, 0.3) is 0 Å². The first-order chi connectivity index (χ1) is 9.81. The number of aromatic carboxylic acids is 1. The van der Waals surface area contributed by atoms with Crippen molar-refractivity contribution in [3.63, 3.8) is 0 Å². The molecule has 1 aromatic rings. The highest BCUT2D eigenvalue weighted by molar-refractivity contribution is 7.89. The van der Waals surface area contributed by atoms with Gasteiger partial charge >= 0.3 is 5.97 Å². The second kappa shape index (κ2) is 6.08. The number of aliphatic hydroxyl groups is 1. The molecule has 2 atom stereocenters. The fourth-order valence-corrected chi connectivity index (χ4v) is 3.51. The molecule has 0 spiro atoms. The average molecular weight is 317 g/mol. The number of benzene rings is 1. The predicted molar refractivity (Wildman–Crippen MR) is 71.9 cm³/mol. The van der Waals surface area contributed by atoms with Gasteiger partial charge in [0, 0.05) is 6.54 Å². The molecule has 6 nitrogen and oxygen atoms in total. The molecule has 2 rings (SSSR count). The number of hydrogen-bond acceptors (Lipinski definition) is 4. The molecule has 2 unspecified atom stereocenters. The summed E-state index contributed by atoms with van der Waals surface area (Å²) in [4.78, 5) is 10.5. The maximum absolute atomic E-state index is 13.3. The molecule has 116 valence electrons. The lowest BCUT2D eigenvalue weighted by Gasteiger charge is -2.15. The van der Waals surface area contributed by atoms with Crippen molar-refractivity contribution < 1.29 is 27.8 Å². The lowest BCUT2D eigenvalue weighted by atomic mass is 10.1. The number of nitrogens with one attached hydrogen (secondary N) is 1. The van der Waals surface area contributed by atoms with E-state index in [1.807, 2.05) is 0 Å². The van der Waals surface area contributed by atoms with Gasteiger partial charge in [0.15, 0.2) is 0 Å². The molecular weight excluding hydrogens is 301 g/mol. The van der Waals surface area contributed by atoms with Gasteiger partial charge in [-0.05, 0) is 37.0 Å². The largest absolute Gasteiger partial charge is 0.478 e. The second-order valence-corrected chi connectivity index (χ2v) is 6.82. The zero-order valence-electron chi connectivity index (χ0n) is 11.1. The van der Waals surface area contributed by atoms with Crippen molar-refractivity contribution in [2.75, 3.05) is 6.54 Å². The molecule has 0 radical (unpaired) electrons. The summed E-state index contributed by atoms with van der Waals surface area (Å²) < 4.78 is 39.7. The zero-order chi connectivity index (χ0) is 15.6. The van der Waals surface area contributed by atoms with Crippen LogP contribution in [-0.2, 0) is 10.0 Å². The van der Waals surface area contributed by atoms with Crippen LogP contribution in [0.3, 0.4) is 0 Å². The summed E-state index contributed by atoms with van der Waals surface area (Å²) in [5.74, 6) is -2.68. The highest BCUT2D eigenvalue weighted by Gasteiger charge is 2.27. The Bertz CT molecular complexity index is 646. The second-order valence-electron chi connectivity index (χ2n) is 5.06. The standard InChI is InChI=1S/C13H16FNO5S/c14-11-5-4-9(6-10(11)13(17)18)21(19,20)15-7-8-2-1-3-12(8)16/h4-6,8,12,15-16H,1-3,7H2,(H,17,18). The molecule has 8 heteroatoms. The molecule has 1 fully saturated rings. The lowest BCUT2D eigenvalue weighted by molar-refractivity contribution is 0.0691. The van der Waals surface area contributed by atoms with E-state index in [-0.39, 0.29) is 17.4 Å². The molecule has 0 bridgehead atoms. The van der Waals surface area contributed by atoms with E-state index in [0.29, 0.717) is 6.42 Å². The van der Waals surface area contributed by atoms with Crippen LogP contribution in [0, 0.1) is 11.7 Å². The molecular formula is C13H16FNO5S. The van der Waals surface area contributed by atoms with Crippen molar-refractivity contribution >= 4 is 16.0 Å². The van der Waals surface area contributed by atoms with Crippen molar-refractivity contribution in [2.24, 2.45) is 5.92 Å². The van der Waals surface area contributed by atoms with Gasteiger partial charge < -0.3 is 10.2 Å². The Morgan fingerprint density at radius 2 is 2.10 bits per heavy atom. The van der Waals surface area contributed by atoms with Crippen LogP contribution < -0.4 is 4.72 Å².